The Bertz CT molecular complexity index is 325. The molecule has 0 amide bonds. The highest BCUT2D eigenvalue weighted by Crippen LogP contribution is 2.28. The molecule has 1 unspecified atom stereocenters. The number of hydrogen-bond donors (Lipinski definition) is 0. The monoisotopic (exact) mass is 218 g/mol. The summed E-state index contributed by atoms with van der Waals surface area (Å²) >= 11 is 0. The molecule has 0 aromatic heterocycles. The van der Waals surface area contributed by atoms with Gasteiger partial charge in [-0.2, -0.15) is 0 Å². The van der Waals surface area contributed by atoms with Gasteiger partial charge in [0.15, 0.2) is 0 Å². The van der Waals surface area contributed by atoms with Gasteiger partial charge in [0, 0.05) is 12.3 Å². The van der Waals surface area contributed by atoms with E-state index in [1.54, 1.807) is 0 Å². The molecule has 0 radical (unpaired) electrons. The van der Waals surface area contributed by atoms with Gasteiger partial charge in [-0.15, -0.1) is 0 Å². The summed E-state index contributed by atoms with van der Waals surface area (Å²) in [4.78, 5) is 11.8. The van der Waals surface area contributed by atoms with Crippen molar-refractivity contribution in [2.45, 2.75) is 40.0 Å². The highest BCUT2D eigenvalue weighted by Gasteiger charge is 2.20. The molecular formula is C15H22O. The van der Waals surface area contributed by atoms with Crippen molar-refractivity contribution in [3.8, 4) is 0 Å². The van der Waals surface area contributed by atoms with Crippen molar-refractivity contribution in [3.05, 3.63) is 35.9 Å². The fourth-order valence-corrected chi connectivity index (χ4v) is 1.89. The zero-order chi connectivity index (χ0) is 12.1. The Kier molecular flexibility index (Phi) is 4.72. The summed E-state index contributed by atoms with van der Waals surface area (Å²) < 4.78 is 0. The largest absolute Gasteiger partial charge is 0.299 e. The van der Waals surface area contributed by atoms with Crippen LogP contribution in [0.15, 0.2) is 30.3 Å². The number of ketones is 1. The standard InChI is InChI=1S/C15H22O/c1-11(2)14(10-15(16)12(3)4)13-8-6-5-7-9-13/h5-9,11-12,14H,10H2,1-4H3. The molecule has 16 heavy (non-hydrogen) atoms. The SMILES string of the molecule is CC(C)C(=O)CC(c1ccccc1)C(C)C. The molecule has 0 aliphatic carbocycles. The highest BCUT2D eigenvalue weighted by molar-refractivity contribution is 5.81. The summed E-state index contributed by atoms with van der Waals surface area (Å²) in [5.74, 6) is 1.37. The molecule has 0 bridgehead atoms. The van der Waals surface area contributed by atoms with E-state index in [2.05, 4.69) is 26.0 Å². The van der Waals surface area contributed by atoms with Crippen LogP contribution >= 0.6 is 0 Å². The Morgan fingerprint density at radius 3 is 2.06 bits per heavy atom. The molecule has 0 N–H and O–H groups in total. The maximum Gasteiger partial charge on any atom is 0.136 e. The molecule has 1 atom stereocenters. The number of carbonyl (C=O) groups is 1. The summed E-state index contributed by atoms with van der Waals surface area (Å²) in [6.07, 6.45) is 0.666. The maximum atomic E-state index is 11.8. The first kappa shape index (κ1) is 13.0. The molecule has 0 aliphatic heterocycles. The van der Waals surface area contributed by atoms with Crippen LogP contribution in [-0.2, 0) is 4.79 Å². The van der Waals surface area contributed by atoms with Crippen LogP contribution in [0.2, 0.25) is 0 Å². The van der Waals surface area contributed by atoms with Crippen molar-refractivity contribution >= 4 is 5.78 Å². The molecule has 1 aromatic carbocycles. The van der Waals surface area contributed by atoms with Gasteiger partial charge < -0.3 is 0 Å². The molecule has 0 fully saturated rings. The van der Waals surface area contributed by atoms with Crippen LogP contribution in [-0.4, -0.2) is 5.78 Å². The molecule has 1 heteroatoms. The molecule has 0 saturated carbocycles. The Labute approximate surface area is 98.9 Å². The van der Waals surface area contributed by atoms with Gasteiger partial charge in [-0.1, -0.05) is 58.0 Å². The number of Topliss-reactive ketones (excluding diaryl/α,β-unsaturated/α-hetero) is 1. The molecule has 0 aliphatic rings. The number of carbonyl (C=O) groups excluding carboxylic acids is 1. The van der Waals surface area contributed by atoms with Crippen LogP contribution in [0.1, 0.15) is 45.6 Å². The second-order valence-corrected chi connectivity index (χ2v) is 5.09. The Morgan fingerprint density at radius 1 is 1.06 bits per heavy atom. The predicted molar refractivity (Wildman–Crippen MR) is 68.5 cm³/mol. The minimum absolute atomic E-state index is 0.143. The summed E-state index contributed by atoms with van der Waals surface area (Å²) in [5.41, 5.74) is 1.28. The lowest BCUT2D eigenvalue weighted by Crippen LogP contribution is -2.16. The molecule has 0 heterocycles. The lowest BCUT2D eigenvalue weighted by Gasteiger charge is -2.21. The third-order valence-corrected chi connectivity index (χ3v) is 3.10. The summed E-state index contributed by atoms with van der Waals surface area (Å²) in [7, 11) is 0. The molecule has 1 aromatic rings. The zero-order valence-electron chi connectivity index (χ0n) is 10.7. The van der Waals surface area contributed by atoms with Gasteiger partial charge in [0.05, 0.1) is 0 Å². The summed E-state index contributed by atoms with van der Waals surface area (Å²) in [6, 6.07) is 10.4. The van der Waals surface area contributed by atoms with Crippen LogP contribution in [0.4, 0.5) is 0 Å². The van der Waals surface area contributed by atoms with Gasteiger partial charge in [0.1, 0.15) is 5.78 Å². The topological polar surface area (TPSA) is 17.1 Å². The van der Waals surface area contributed by atoms with E-state index < -0.39 is 0 Å². The van der Waals surface area contributed by atoms with Crippen LogP contribution in [0, 0.1) is 11.8 Å². The number of rotatable bonds is 5. The average Bonchev–Trinajstić information content (AvgIpc) is 2.26. The first-order valence-corrected chi connectivity index (χ1v) is 6.10. The minimum atomic E-state index is 0.143. The van der Waals surface area contributed by atoms with Crippen LogP contribution < -0.4 is 0 Å². The van der Waals surface area contributed by atoms with Gasteiger partial charge in [-0.25, -0.2) is 0 Å². The van der Waals surface area contributed by atoms with E-state index in [9.17, 15) is 4.79 Å². The second-order valence-electron chi connectivity index (χ2n) is 5.09. The van der Waals surface area contributed by atoms with Crippen molar-refractivity contribution < 1.29 is 4.79 Å². The third kappa shape index (κ3) is 3.48. The van der Waals surface area contributed by atoms with Gasteiger partial charge in [-0.3, -0.25) is 4.79 Å². The van der Waals surface area contributed by atoms with Gasteiger partial charge in [0.25, 0.3) is 0 Å². The number of benzene rings is 1. The molecule has 1 rings (SSSR count). The van der Waals surface area contributed by atoms with Crippen LogP contribution in [0.3, 0.4) is 0 Å². The fourth-order valence-electron chi connectivity index (χ4n) is 1.89. The Hall–Kier alpha value is -1.11. The van der Waals surface area contributed by atoms with Crippen LogP contribution in [0.5, 0.6) is 0 Å². The van der Waals surface area contributed by atoms with E-state index >= 15 is 0 Å². The molecule has 1 nitrogen and oxygen atoms in total. The van der Waals surface area contributed by atoms with E-state index in [4.69, 9.17) is 0 Å². The predicted octanol–water partition coefficient (Wildman–Crippen LogP) is 4.04. The van der Waals surface area contributed by atoms with Gasteiger partial charge >= 0.3 is 0 Å². The molecule has 0 spiro atoms. The smallest absolute Gasteiger partial charge is 0.136 e. The lowest BCUT2D eigenvalue weighted by atomic mass is 9.83. The van der Waals surface area contributed by atoms with Gasteiger partial charge in [0.2, 0.25) is 0 Å². The van der Waals surface area contributed by atoms with E-state index in [1.165, 1.54) is 5.56 Å². The van der Waals surface area contributed by atoms with Crippen LogP contribution in [0.25, 0.3) is 0 Å². The minimum Gasteiger partial charge on any atom is -0.299 e. The molecule has 0 saturated heterocycles. The van der Waals surface area contributed by atoms with Crippen molar-refractivity contribution in [3.63, 3.8) is 0 Å². The first-order chi connectivity index (χ1) is 7.52. The van der Waals surface area contributed by atoms with Crippen molar-refractivity contribution in [1.29, 1.82) is 0 Å². The Morgan fingerprint density at radius 2 is 1.62 bits per heavy atom. The summed E-state index contributed by atoms with van der Waals surface area (Å²) in [5, 5.41) is 0. The maximum absolute atomic E-state index is 11.8. The van der Waals surface area contributed by atoms with Crippen molar-refractivity contribution in [2.24, 2.45) is 11.8 Å². The van der Waals surface area contributed by atoms with Crippen molar-refractivity contribution in [1.82, 2.24) is 0 Å². The fraction of sp³-hybridized carbons (Fsp3) is 0.533. The quantitative estimate of drug-likeness (QED) is 0.729. The van der Waals surface area contributed by atoms with E-state index in [-0.39, 0.29) is 5.92 Å². The normalized spacial score (nSPS) is 13.1. The highest BCUT2D eigenvalue weighted by atomic mass is 16.1. The molecular weight excluding hydrogens is 196 g/mol. The zero-order valence-corrected chi connectivity index (χ0v) is 10.7. The average molecular weight is 218 g/mol. The second kappa shape index (κ2) is 5.83. The lowest BCUT2D eigenvalue weighted by molar-refractivity contribution is -0.122. The Balaban J connectivity index is 2.81. The molecule has 88 valence electrons. The van der Waals surface area contributed by atoms with Gasteiger partial charge in [-0.05, 0) is 17.4 Å². The van der Waals surface area contributed by atoms with E-state index in [1.807, 2.05) is 32.0 Å². The van der Waals surface area contributed by atoms with E-state index in [0.29, 0.717) is 24.0 Å². The third-order valence-electron chi connectivity index (χ3n) is 3.10. The summed E-state index contributed by atoms with van der Waals surface area (Å²) in [6.45, 7) is 8.33. The first-order valence-electron chi connectivity index (χ1n) is 6.10. The number of hydrogen-bond acceptors (Lipinski definition) is 1. The van der Waals surface area contributed by atoms with E-state index in [0.717, 1.165) is 0 Å². The van der Waals surface area contributed by atoms with Crippen molar-refractivity contribution in [2.75, 3.05) is 0 Å².